The van der Waals surface area contributed by atoms with E-state index in [0.717, 1.165) is 54.5 Å². The number of H-pyrrole nitrogens is 1. The zero-order valence-corrected chi connectivity index (χ0v) is 12.2. The van der Waals surface area contributed by atoms with Crippen molar-refractivity contribution in [3.05, 3.63) is 35.3 Å². The van der Waals surface area contributed by atoms with Gasteiger partial charge in [-0.15, -0.1) is 0 Å². The molecule has 1 fully saturated rings. The lowest BCUT2D eigenvalue weighted by Crippen LogP contribution is -2.27. The van der Waals surface area contributed by atoms with Gasteiger partial charge in [0.1, 0.15) is 5.82 Å². The second kappa shape index (κ2) is 5.17. The van der Waals surface area contributed by atoms with Crippen LogP contribution in [0, 0.1) is 5.82 Å². The Kier molecular flexibility index (Phi) is 3.17. The normalized spacial score (nSPS) is 21.0. The third-order valence-corrected chi connectivity index (χ3v) is 4.56. The topological polar surface area (TPSA) is 31.4 Å². The molecule has 4 rings (SSSR count). The van der Waals surface area contributed by atoms with Gasteiger partial charge in [-0.05, 0) is 56.7 Å². The molecule has 2 aliphatic rings. The van der Waals surface area contributed by atoms with Gasteiger partial charge in [-0.25, -0.2) is 4.39 Å². The van der Waals surface area contributed by atoms with Crippen LogP contribution in [0.4, 0.5) is 4.39 Å². The Balaban J connectivity index is 1.80. The van der Waals surface area contributed by atoms with Crippen LogP contribution in [0.25, 0.3) is 10.9 Å². The van der Waals surface area contributed by atoms with E-state index >= 15 is 0 Å². The molecule has 110 valence electrons. The van der Waals surface area contributed by atoms with Crippen molar-refractivity contribution >= 4 is 16.6 Å². The van der Waals surface area contributed by atoms with Crippen molar-refractivity contribution in [2.45, 2.75) is 38.5 Å². The number of aromatic nitrogens is 1. The smallest absolute Gasteiger partial charge is 0.123 e. The highest BCUT2D eigenvalue weighted by molar-refractivity contribution is 6.12. The summed E-state index contributed by atoms with van der Waals surface area (Å²) in [5.74, 6) is -0.174. The molecule has 0 bridgehead atoms. The van der Waals surface area contributed by atoms with Crippen LogP contribution in [-0.2, 0) is 6.42 Å². The molecule has 4 heteroatoms. The Morgan fingerprint density at radius 2 is 1.90 bits per heavy atom. The largest absolute Gasteiger partial charge is 0.358 e. The lowest BCUT2D eigenvalue weighted by atomic mass is 9.93. The fourth-order valence-electron chi connectivity index (χ4n) is 3.54. The van der Waals surface area contributed by atoms with E-state index in [9.17, 15) is 4.39 Å². The summed E-state index contributed by atoms with van der Waals surface area (Å²) in [6, 6.07) is 4.99. The van der Waals surface area contributed by atoms with Crippen LogP contribution in [0.5, 0.6) is 0 Å². The predicted octanol–water partition coefficient (Wildman–Crippen LogP) is 3.83. The molecular formula is C17H20FN3. The number of nitrogens with one attached hydrogen (secondary N) is 1. The first-order chi connectivity index (χ1) is 10.3. The molecule has 0 radical (unpaired) electrons. The molecule has 0 amide bonds. The molecule has 0 unspecified atom stereocenters. The quantitative estimate of drug-likeness (QED) is 0.848. The van der Waals surface area contributed by atoms with Crippen LogP contribution in [0.3, 0.4) is 0 Å². The number of aryl methyl sites for hydroxylation is 1. The Bertz CT molecular complexity index is 695. The molecule has 1 aliphatic carbocycles. The zero-order valence-electron chi connectivity index (χ0n) is 12.2. The standard InChI is InChI=1S/C17H20FN3/c18-12-7-8-14-13(11-12)17-15(19-14)5-4-6-16(17)20-21-9-2-1-3-10-21/h7-8,11,19H,1-6,9-10H2. The highest BCUT2D eigenvalue weighted by Gasteiger charge is 2.22. The maximum atomic E-state index is 13.6. The molecule has 2 heterocycles. The van der Waals surface area contributed by atoms with E-state index in [0.29, 0.717) is 0 Å². The first-order valence-corrected chi connectivity index (χ1v) is 7.94. The lowest BCUT2D eigenvalue weighted by molar-refractivity contribution is 0.238. The number of aromatic amines is 1. The minimum Gasteiger partial charge on any atom is -0.358 e. The number of hydrazone groups is 1. The van der Waals surface area contributed by atoms with Crippen molar-refractivity contribution in [3.63, 3.8) is 0 Å². The minimum atomic E-state index is -0.174. The van der Waals surface area contributed by atoms with E-state index in [1.54, 1.807) is 6.07 Å². The number of benzene rings is 1. The van der Waals surface area contributed by atoms with Gasteiger partial charge in [0.05, 0.1) is 5.71 Å². The van der Waals surface area contributed by atoms with Gasteiger partial charge >= 0.3 is 0 Å². The van der Waals surface area contributed by atoms with Gasteiger partial charge in [0.25, 0.3) is 0 Å². The molecule has 21 heavy (non-hydrogen) atoms. The number of hydrogen-bond acceptors (Lipinski definition) is 2. The second-order valence-corrected chi connectivity index (χ2v) is 6.08. The third-order valence-electron chi connectivity index (χ3n) is 4.56. The first-order valence-electron chi connectivity index (χ1n) is 7.94. The summed E-state index contributed by atoms with van der Waals surface area (Å²) in [6.07, 6.45) is 6.91. The molecule has 1 saturated heterocycles. The third kappa shape index (κ3) is 2.33. The van der Waals surface area contributed by atoms with Crippen molar-refractivity contribution in [2.24, 2.45) is 5.10 Å². The number of nitrogens with zero attached hydrogens (tertiary/aromatic N) is 2. The Labute approximate surface area is 123 Å². The van der Waals surface area contributed by atoms with E-state index in [2.05, 4.69) is 9.99 Å². The lowest BCUT2D eigenvalue weighted by Gasteiger charge is -2.26. The van der Waals surface area contributed by atoms with Crippen LogP contribution in [0.2, 0.25) is 0 Å². The maximum absolute atomic E-state index is 13.6. The minimum absolute atomic E-state index is 0.174. The van der Waals surface area contributed by atoms with Gasteiger partial charge in [0, 0.05) is 35.2 Å². The van der Waals surface area contributed by atoms with E-state index in [-0.39, 0.29) is 5.82 Å². The molecule has 3 nitrogen and oxygen atoms in total. The van der Waals surface area contributed by atoms with Crippen LogP contribution in [0.15, 0.2) is 23.3 Å². The molecule has 1 aromatic heterocycles. The van der Waals surface area contributed by atoms with Gasteiger partial charge < -0.3 is 4.98 Å². The average molecular weight is 285 g/mol. The maximum Gasteiger partial charge on any atom is 0.123 e. The summed E-state index contributed by atoms with van der Waals surface area (Å²) >= 11 is 0. The molecule has 1 N–H and O–H groups in total. The number of piperidine rings is 1. The van der Waals surface area contributed by atoms with E-state index in [4.69, 9.17) is 5.10 Å². The highest BCUT2D eigenvalue weighted by atomic mass is 19.1. The Hall–Kier alpha value is -1.84. The Morgan fingerprint density at radius 3 is 2.76 bits per heavy atom. The molecule has 1 aliphatic heterocycles. The average Bonchev–Trinajstić information content (AvgIpc) is 2.87. The number of hydrogen-bond donors (Lipinski definition) is 1. The van der Waals surface area contributed by atoms with Gasteiger partial charge in [-0.1, -0.05) is 0 Å². The van der Waals surface area contributed by atoms with Crippen LogP contribution in [0.1, 0.15) is 43.4 Å². The monoisotopic (exact) mass is 285 g/mol. The van der Waals surface area contributed by atoms with Crippen LogP contribution in [-0.4, -0.2) is 28.8 Å². The predicted molar refractivity (Wildman–Crippen MR) is 83.2 cm³/mol. The number of fused-ring (bicyclic) bond motifs is 3. The van der Waals surface area contributed by atoms with Crippen molar-refractivity contribution in [1.82, 2.24) is 9.99 Å². The summed E-state index contributed by atoms with van der Waals surface area (Å²) in [5.41, 5.74) is 4.53. The summed E-state index contributed by atoms with van der Waals surface area (Å²) in [5, 5.41) is 8.08. The van der Waals surface area contributed by atoms with Crippen molar-refractivity contribution in [3.8, 4) is 0 Å². The zero-order chi connectivity index (χ0) is 14.2. The number of halogens is 1. The SMILES string of the molecule is Fc1ccc2[nH]c3c(c2c1)C(=NN1CCCCC1)CCC3. The molecule has 0 spiro atoms. The Morgan fingerprint density at radius 1 is 1.05 bits per heavy atom. The van der Waals surface area contributed by atoms with Crippen LogP contribution < -0.4 is 0 Å². The van der Waals surface area contributed by atoms with Crippen molar-refractivity contribution in [1.29, 1.82) is 0 Å². The van der Waals surface area contributed by atoms with Crippen molar-refractivity contribution < 1.29 is 4.39 Å². The fraction of sp³-hybridized carbons (Fsp3) is 0.471. The summed E-state index contributed by atoms with van der Waals surface area (Å²) in [6.45, 7) is 2.10. The molecule has 1 aromatic carbocycles. The molecular weight excluding hydrogens is 265 g/mol. The van der Waals surface area contributed by atoms with Crippen LogP contribution >= 0.6 is 0 Å². The first kappa shape index (κ1) is 12.9. The van der Waals surface area contributed by atoms with E-state index in [1.165, 1.54) is 31.0 Å². The molecule has 0 saturated carbocycles. The van der Waals surface area contributed by atoms with E-state index in [1.807, 2.05) is 6.07 Å². The van der Waals surface area contributed by atoms with E-state index < -0.39 is 0 Å². The van der Waals surface area contributed by atoms with Gasteiger partial charge in [-0.2, -0.15) is 5.10 Å². The fourth-order valence-corrected chi connectivity index (χ4v) is 3.54. The number of rotatable bonds is 1. The van der Waals surface area contributed by atoms with Gasteiger partial charge in [0.15, 0.2) is 0 Å². The molecule has 0 atom stereocenters. The van der Waals surface area contributed by atoms with Crippen molar-refractivity contribution in [2.75, 3.05) is 13.1 Å². The van der Waals surface area contributed by atoms with Gasteiger partial charge in [0.2, 0.25) is 0 Å². The summed E-state index contributed by atoms with van der Waals surface area (Å²) < 4.78 is 13.6. The molecule has 2 aromatic rings. The summed E-state index contributed by atoms with van der Waals surface area (Å²) in [7, 11) is 0. The highest BCUT2D eigenvalue weighted by Crippen LogP contribution is 2.30. The van der Waals surface area contributed by atoms with Gasteiger partial charge in [-0.3, -0.25) is 5.01 Å². The second-order valence-electron chi connectivity index (χ2n) is 6.08. The summed E-state index contributed by atoms with van der Waals surface area (Å²) in [4.78, 5) is 3.44.